The third kappa shape index (κ3) is 2.22. The fourth-order valence-electron chi connectivity index (χ4n) is 4.21. The average Bonchev–Trinajstić information content (AvgIpc) is 2.72. The third-order valence-corrected chi connectivity index (χ3v) is 5.15. The van der Waals surface area contributed by atoms with Gasteiger partial charge in [-0.25, -0.2) is 0 Å². The van der Waals surface area contributed by atoms with E-state index in [4.69, 9.17) is 0 Å². The predicted octanol–water partition coefficient (Wildman–Crippen LogP) is 1.54. The summed E-state index contributed by atoms with van der Waals surface area (Å²) in [5, 5.41) is 6.62. The lowest BCUT2D eigenvalue weighted by atomic mass is 9.72. The fourth-order valence-corrected chi connectivity index (χ4v) is 4.21. The standard InChI is InChI=1S/C14H24N2O/c17-14-13-9-15-8-12(13)11-6-4-2-1-3-5-10(11)7-16-14/h10-13,15H,1-9H2,(H,16,17). The van der Waals surface area contributed by atoms with Crippen LogP contribution in [0.25, 0.3) is 0 Å². The van der Waals surface area contributed by atoms with Gasteiger partial charge in [0.05, 0.1) is 5.92 Å². The van der Waals surface area contributed by atoms with E-state index in [1.54, 1.807) is 0 Å². The quantitative estimate of drug-likeness (QED) is 0.670. The molecule has 4 atom stereocenters. The molecule has 1 amide bonds. The van der Waals surface area contributed by atoms with Crippen molar-refractivity contribution in [2.75, 3.05) is 19.6 Å². The summed E-state index contributed by atoms with van der Waals surface area (Å²) in [6.07, 6.45) is 8.20. The molecule has 3 rings (SSSR count). The van der Waals surface area contributed by atoms with Crippen LogP contribution >= 0.6 is 0 Å². The van der Waals surface area contributed by atoms with Crippen LogP contribution in [0.5, 0.6) is 0 Å². The Hall–Kier alpha value is -0.570. The molecule has 0 aromatic heterocycles. The Morgan fingerprint density at radius 2 is 1.71 bits per heavy atom. The normalized spacial score (nSPS) is 42.7. The first-order valence-electron chi connectivity index (χ1n) is 7.34. The first kappa shape index (κ1) is 11.5. The van der Waals surface area contributed by atoms with Crippen molar-refractivity contribution in [2.24, 2.45) is 23.7 Å². The number of hydrogen-bond acceptors (Lipinski definition) is 2. The minimum Gasteiger partial charge on any atom is -0.356 e. The summed E-state index contributed by atoms with van der Waals surface area (Å²) in [6, 6.07) is 0. The molecule has 2 N–H and O–H groups in total. The van der Waals surface area contributed by atoms with Crippen molar-refractivity contribution in [3.8, 4) is 0 Å². The minimum absolute atomic E-state index is 0.254. The van der Waals surface area contributed by atoms with Crippen molar-refractivity contribution in [3.63, 3.8) is 0 Å². The number of carbonyl (C=O) groups is 1. The molecule has 1 aliphatic carbocycles. The van der Waals surface area contributed by atoms with Gasteiger partial charge in [-0.2, -0.15) is 0 Å². The zero-order chi connectivity index (χ0) is 11.7. The Morgan fingerprint density at radius 1 is 0.882 bits per heavy atom. The Labute approximate surface area is 104 Å². The van der Waals surface area contributed by atoms with E-state index in [0.717, 1.165) is 31.5 Å². The maximum atomic E-state index is 12.1. The predicted molar refractivity (Wildman–Crippen MR) is 67.5 cm³/mol. The summed E-state index contributed by atoms with van der Waals surface area (Å²) < 4.78 is 0. The summed E-state index contributed by atoms with van der Waals surface area (Å²) in [7, 11) is 0. The van der Waals surface area contributed by atoms with Crippen LogP contribution in [0.4, 0.5) is 0 Å². The van der Waals surface area contributed by atoms with E-state index in [-0.39, 0.29) is 5.92 Å². The molecule has 17 heavy (non-hydrogen) atoms. The van der Waals surface area contributed by atoms with E-state index >= 15 is 0 Å². The van der Waals surface area contributed by atoms with Gasteiger partial charge in [0, 0.05) is 13.1 Å². The van der Waals surface area contributed by atoms with Gasteiger partial charge in [-0.15, -0.1) is 0 Å². The highest BCUT2D eigenvalue weighted by Gasteiger charge is 2.43. The molecule has 1 saturated carbocycles. The summed E-state index contributed by atoms with van der Waals surface area (Å²) in [5.41, 5.74) is 0. The Balaban J connectivity index is 1.81. The van der Waals surface area contributed by atoms with Gasteiger partial charge in [0.1, 0.15) is 0 Å². The molecular formula is C14H24N2O. The van der Waals surface area contributed by atoms with Crippen molar-refractivity contribution in [3.05, 3.63) is 0 Å². The van der Waals surface area contributed by atoms with Crippen molar-refractivity contribution in [2.45, 2.75) is 38.5 Å². The van der Waals surface area contributed by atoms with E-state index < -0.39 is 0 Å². The number of rotatable bonds is 0. The molecular weight excluding hydrogens is 212 g/mol. The molecule has 0 aromatic carbocycles. The second-order valence-electron chi connectivity index (χ2n) is 6.09. The number of amides is 1. The zero-order valence-electron chi connectivity index (χ0n) is 10.6. The average molecular weight is 236 g/mol. The molecule has 3 heteroatoms. The van der Waals surface area contributed by atoms with Crippen molar-refractivity contribution in [1.29, 1.82) is 0 Å². The van der Waals surface area contributed by atoms with Gasteiger partial charge >= 0.3 is 0 Å². The number of fused-ring (bicyclic) bond motifs is 3. The van der Waals surface area contributed by atoms with Gasteiger partial charge in [0.15, 0.2) is 0 Å². The summed E-state index contributed by atoms with van der Waals surface area (Å²) in [6.45, 7) is 2.91. The van der Waals surface area contributed by atoms with Gasteiger partial charge in [-0.05, 0) is 37.1 Å². The van der Waals surface area contributed by atoms with Gasteiger partial charge in [0.2, 0.25) is 5.91 Å². The lowest BCUT2D eigenvalue weighted by molar-refractivity contribution is -0.125. The van der Waals surface area contributed by atoms with Crippen LogP contribution in [-0.2, 0) is 4.79 Å². The molecule has 3 nitrogen and oxygen atoms in total. The minimum atomic E-state index is 0.254. The first-order valence-corrected chi connectivity index (χ1v) is 7.34. The lowest BCUT2D eigenvalue weighted by Crippen LogP contribution is -2.33. The van der Waals surface area contributed by atoms with Gasteiger partial charge in [-0.1, -0.05) is 25.7 Å². The first-order chi connectivity index (χ1) is 8.36. The van der Waals surface area contributed by atoms with Gasteiger partial charge in [0.25, 0.3) is 0 Å². The van der Waals surface area contributed by atoms with Crippen LogP contribution in [0.3, 0.4) is 0 Å². The zero-order valence-corrected chi connectivity index (χ0v) is 10.6. The third-order valence-electron chi connectivity index (χ3n) is 5.15. The van der Waals surface area contributed by atoms with E-state index in [0.29, 0.717) is 11.8 Å². The highest BCUT2D eigenvalue weighted by molar-refractivity contribution is 5.80. The van der Waals surface area contributed by atoms with Crippen LogP contribution in [0.2, 0.25) is 0 Å². The largest absolute Gasteiger partial charge is 0.356 e. The van der Waals surface area contributed by atoms with E-state index in [1.807, 2.05) is 0 Å². The van der Waals surface area contributed by atoms with Crippen LogP contribution in [-0.4, -0.2) is 25.5 Å². The van der Waals surface area contributed by atoms with E-state index in [1.165, 1.54) is 38.5 Å². The maximum Gasteiger partial charge on any atom is 0.224 e. The molecule has 3 fully saturated rings. The van der Waals surface area contributed by atoms with Crippen LogP contribution in [0.1, 0.15) is 38.5 Å². The van der Waals surface area contributed by atoms with Crippen LogP contribution in [0.15, 0.2) is 0 Å². The second kappa shape index (κ2) is 4.97. The highest BCUT2D eigenvalue weighted by atomic mass is 16.1. The summed E-state index contributed by atoms with van der Waals surface area (Å²) in [4.78, 5) is 12.1. The molecule has 2 heterocycles. The SMILES string of the molecule is O=C1NCC2CCCCCCC2C2CNCC12. The fraction of sp³-hybridized carbons (Fsp3) is 0.929. The molecule has 0 radical (unpaired) electrons. The maximum absolute atomic E-state index is 12.1. The number of carbonyl (C=O) groups excluding carboxylic acids is 1. The van der Waals surface area contributed by atoms with E-state index in [9.17, 15) is 4.79 Å². The van der Waals surface area contributed by atoms with Crippen LogP contribution < -0.4 is 10.6 Å². The molecule has 4 unspecified atom stereocenters. The molecule has 2 saturated heterocycles. The highest BCUT2D eigenvalue weighted by Crippen LogP contribution is 2.39. The number of hydrogen-bond donors (Lipinski definition) is 2. The molecule has 0 bridgehead atoms. The Kier molecular flexibility index (Phi) is 3.37. The topological polar surface area (TPSA) is 41.1 Å². The molecule has 2 aliphatic heterocycles. The van der Waals surface area contributed by atoms with Crippen molar-refractivity contribution >= 4 is 5.91 Å². The summed E-state index contributed by atoms with van der Waals surface area (Å²) in [5.74, 6) is 2.71. The molecule has 3 aliphatic rings. The Bertz CT molecular complexity index is 292. The molecule has 0 spiro atoms. The smallest absolute Gasteiger partial charge is 0.224 e. The van der Waals surface area contributed by atoms with Gasteiger partial charge in [-0.3, -0.25) is 4.79 Å². The molecule has 0 aromatic rings. The van der Waals surface area contributed by atoms with Gasteiger partial charge < -0.3 is 10.6 Å². The van der Waals surface area contributed by atoms with Crippen molar-refractivity contribution < 1.29 is 4.79 Å². The number of nitrogens with one attached hydrogen (secondary N) is 2. The molecule has 96 valence electrons. The summed E-state index contributed by atoms with van der Waals surface area (Å²) >= 11 is 0. The van der Waals surface area contributed by atoms with Crippen LogP contribution in [0, 0.1) is 23.7 Å². The Morgan fingerprint density at radius 3 is 2.59 bits per heavy atom. The monoisotopic (exact) mass is 236 g/mol. The van der Waals surface area contributed by atoms with E-state index in [2.05, 4.69) is 10.6 Å². The van der Waals surface area contributed by atoms with Crippen molar-refractivity contribution in [1.82, 2.24) is 10.6 Å². The second-order valence-corrected chi connectivity index (χ2v) is 6.09. The lowest BCUT2D eigenvalue weighted by Gasteiger charge is -2.32.